The number of ether oxygens (including phenoxy) is 3. The number of nitrogens with zero attached hydrogens (tertiary/aromatic N) is 1. The largest absolute Gasteiger partial charge is 0.514 e. The summed E-state index contributed by atoms with van der Waals surface area (Å²) in [5.74, 6) is -0.361. The number of esters is 1. The van der Waals surface area contributed by atoms with Crippen molar-refractivity contribution in [2.24, 2.45) is 0 Å². The van der Waals surface area contributed by atoms with Gasteiger partial charge >= 0.3 is 12.1 Å². The van der Waals surface area contributed by atoms with Gasteiger partial charge in [0.15, 0.2) is 0 Å². The number of hydrogen-bond donors (Lipinski definition) is 0. The van der Waals surface area contributed by atoms with Crippen molar-refractivity contribution in [1.82, 2.24) is 0 Å². The SMILES string of the molecule is CCCCC(CC(=O)OCc1ccccc1)OC(=O)Oc1ccc([N+](=O)[O-])cc1. The second kappa shape index (κ2) is 11.4. The first-order valence-electron chi connectivity index (χ1n) is 9.30. The van der Waals surface area contributed by atoms with E-state index in [1.807, 2.05) is 37.3 Å². The normalized spacial score (nSPS) is 11.3. The van der Waals surface area contributed by atoms with E-state index >= 15 is 0 Å². The van der Waals surface area contributed by atoms with Gasteiger partial charge in [-0.3, -0.25) is 14.9 Å². The number of hydrogen-bond acceptors (Lipinski definition) is 7. The molecule has 0 aliphatic rings. The van der Waals surface area contributed by atoms with Gasteiger partial charge in [0.05, 0.1) is 11.3 Å². The second-order valence-corrected chi connectivity index (χ2v) is 6.34. The van der Waals surface area contributed by atoms with Gasteiger partial charge in [0, 0.05) is 12.1 Å². The van der Waals surface area contributed by atoms with Gasteiger partial charge in [0.2, 0.25) is 0 Å². The maximum absolute atomic E-state index is 12.1. The zero-order valence-corrected chi connectivity index (χ0v) is 16.1. The summed E-state index contributed by atoms with van der Waals surface area (Å²) in [6, 6.07) is 14.3. The molecule has 29 heavy (non-hydrogen) atoms. The lowest BCUT2D eigenvalue weighted by molar-refractivity contribution is -0.384. The van der Waals surface area contributed by atoms with Crippen LogP contribution in [0.2, 0.25) is 0 Å². The van der Waals surface area contributed by atoms with Crippen LogP contribution in [-0.4, -0.2) is 23.2 Å². The lowest BCUT2D eigenvalue weighted by Gasteiger charge is -2.17. The molecular weight excluding hydrogens is 378 g/mol. The van der Waals surface area contributed by atoms with Gasteiger partial charge in [-0.05, 0) is 24.1 Å². The molecule has 0 saturated carbocycles. The molecule has 0 bridgehead atoms. The van der Waals surface area contributed by atoms with Crippen molar-refractivity contribution in [2.45, 2.75) is 45.3 Å². The van der Waals surface area contributed by atoms with E-state index in [1.54, 1.807) is 0 Å². The predicted molar refractivity (Wildman–Crippen MR) is 104 cm³/mol. The summed E-state index contributed by atoms with van der Waals surface area (Å²) < 4.78 is 15.5. The molecule has 0 aliphatic heterocycles. The molecular formula is C21H23NO7. The van der Waals surface area contributed by atoms with Crippen molar-refractivity contribution in [3.05, 3.63) is 70.3 Å². The summed E-state index contributed by atoms with van der Waals surface area (Å²) in [6.07, 6.45) is 0.395. The molecule has 0 radical (unpaired) electrons. The molecule has 0 saturated heterocycles. The van der Waals surface area contributed by atoms with Crippen LogP contribution in [0, 0.1) is 10.1 Å². The molecule has 8 nitrogen and oxygen atoms in total. The Hall–Kier alpha value is -3.42. The monoisotopic (exact) mass is 401 g/mol. The first-order valence-corrected chi connectivity index (χ1v) is 9.30. The average Bonchev–Trinajstić information content (AvgIpc) is 2.71. The predicted octanol–water partition coefficient (Wildman–Crippen LogP) is 4.80. The first-order chi connectivity index (χ1) is 14.0. The highest BCUT2D eigenvalue weighted by atomic mass is 16.7. The minimum absolute atomic E-state index is 0.0812. The average molecular weight is 401 g/mol. The van der Waals surface area contributed by atoms with Gasteiger partial charge in [-0.2, -0.15) is 0 Å². The third-order valence-electron chi connectivity index (χ3n) is 4.03. The van der Waals surface area contributed by atoms with Gasteiger partial charge in [-0.15, -0.1) is 0 Å². The van der Waals surface area contributed by atoms with Crippen molar-refractivity contribution >= 4 is 17.8 Å². The highest BCUT2D eigenvalue weighted by Crippen LogP contribution is 2.19. The number of benzene rings is 2. The van der Waals surface area contributed by atoms with E-state index in [4.69, 9.17) is 14.2 Å². The van der Waals surface area contributed by atoms with E-state index in [2.05, 4.69) is 0 Å². The van der Waals surface area contributed by atoms with Gasteiger partial charge in [0.25, 0.3) is 5.69 Å². The smallest absolute Gasteiger partial charge is 0.461 e. The zero-order valence-electron chi connectivity index (χ0n) is 16.1. The van der Waals surface area contributed by atoms with Crippen molar-refractivity contribution in [3.63, 3.8) is 0 Å². The summed E-state index contributed by atoms with van der Waals surface area (Å²) >= 11 is 0. The molecule has 8 heteroatoms. The van der Waals surface area contributed by atoms with Crippen LogP contribution in [0.25, 0.3) is 0 Å². The number of non-ortho nitro benzene ring substituents is 1. The van der Waals surface area contributed by atoms with E-state index in [0.29, 0.717) is 6.42 Å². The molecule has 1 atom stereocenters. The number of nitro benzene ring substituents is 1. The van der Waals surface area contributed by atoms with Crippen LogP contribution in [0.1, 0.15) is 38.2 Å². The fourth-order valence-corrected chi connectivity index (χ4v) is 2.51. The Kier molecular flexibility index (Phi) is 8.62. The topological polar surface area (TPSA) is 105 Å². The van der Waals surface area contributed by atoms with Crippen LogP contribution in [0.5, 0.6) is 5.75 Å². The van der Waals surface area contributed by atoms with Crippen molar-refractivity contribution < 1.29 is 28.7 Å². The minimum Gasteiger partial charge on any atom is -0.461 e. The summed E-state index contributed by atoms with van der Waals surface area (Å²) in [6.45, 7) is 2.13. The van der Waals surface area contributed by atoms with Gasteiger partial charge in [-0.1, -0.05) is 50.1 Å². The van der Waals surface area contributed by atoms with Crippen LogP contribution >= 0.6 is 0 Å². The molecule has 1 unspecified atom stereocenters. The Bertz CT molecular complexity index is 806. The summed E-state index contributed by atoms with van der Waals surface area (Å²) in [4.78, 5) is 34.3. The van der Waals surface area contributed by atoms with Crippen LogP contribution in [0.4, 0.5) is 10.5 Å². The minimum atomic E-state index is -0.976. The quantitative estimate of drug-likeness (QED) is 0.244. The van der Waals surface area contributed by atoms with Crippen LogP contribution < -0.4 is 4.74 Å². The zero-order chi connectivity index (χ0) is 21.1. The maximum Gasteiger partial charge on any atom is 0.514 e. The molecule has 2 aromatic rings. The van der Waals surface area contributed by atoms with E-state index in [-0.39, 0.29) is 24.5 Å². The van der Waals surface area contributed by atoms with E-state index in [0.717, 1.165) is 18.4 Å². The second-order valence-electron chi connectivity index (χ2n) is 6.34. The molecule has 0 N–H and O–H groups in total. The third-order valence-corrected chi connectivity index (χ3v) is 4.03. The highest BCUT2D eigenvalue weighted by molar-refractivity contribution is 5.71. The molecule has 154 valence electrons. The number of carbonyl (C=O) groups excluding carboxylic acids is 2. The fraction of sp³-hybridized carbons (Fsp3) is 0.333. The number of unbranched alkanes of at least 4 members (excludes halogenated alkanes) is 1. The number of rotatable bonds is 10. The molecule has 2 aromatic carbocycles. The van der Waals surface area contributed by atoms with E-state index < -0.39 is 23.2 Å². The molecule has 0 spiro atoms. The first kappa shape index (κ1) is 21.9. The lowest BCUT2D eigenvalue weighted by Crippen LogP contribution is -2.24. The fourth-order valence-electron chi connectivity index (χ4n) is 2.51. The molecule has 0 aromatic heterocycles. The lowest BCUT2D eigenvalue weighted by atomic mass is 10.1. The molecule has 0 amide bonds. The molecule has 2 rings (SSSR count). The van der Waals surface area contributed by atoms with Gasteiger partial charge in [0.1, 0.15) is 18.5 Å². The van der Waals surface area contributed by atoms with Gasteiger partial charge < -0.3 is 14.2 Å². The Balaban J connectivity index is 1.86. The number of carbonyl (C=O) groups is 2. The molecule has 0 heterocycles. The Morgan fingerprint density at radius 1 is 1.07 bits per heavy atom. The Labute approximate surface area is 168 Å². The summed E-state index contributed by atoms with van der Waals surface area (Å²) in [7, 11) is 0. The Morgan fingerprint density at radius 3 is 2.38 bits per heavy atom. The third kappa shape index (κ3) is 8.00. The maximum atomic E-state index is 12.1. The Morgan fingerprint density at radius 2 is 1.76 bits per heavy atom. The van der Waals surface area contributed by atoms with Gasteiger partial charge in [-0.25, -0.2) is 4.79 Å². The van der Waals surface area contributed by atoms with Crippen LogP contribution in [0.15, 0.2) is 54.6 Å². The van der Waals surface area contributed by atoms with E-state index in [9.17, 15) is 19.7 Å². The van der Waals surface area contributed by atoms with E-state index in [1.165, 1.54) is 24.3 Å². The van der Waals surface area contributed by atoms with Crippen molar-refractivity contribution in [3.8, 4) is 5.75 Å². The molecule has 0 fully saturated rings. The summed E-state index contributed by atoms with van der Waals surface area (Å²) in [5, 5.41) is 10.7. The summed E-state index contributed by atoms with van der Waals surface area (Å²) in [5.41, 5.74) is 0.747. The molecule has 0 aliphatic carbocycles. The number of nitro groups is 1. The highest BCUT2D eigenvalue weighted by Gasteiger charge is 2.21. The van der Waals surface area contributed by atoms with Crippen LogP contribution in [0.3, 0.4) is 0 Å². The van der Waals surface area contributed by atoms with Crippen molar-refractivity contribution in [2.75, 3.05) is 0 Å². The van der Waals surface area contributed by atoms with Crippen LogP contribution in [-0.2, 0) is 20.9 Å². The van der Waals surface area contributed by atoms with Crippen molar-refractivity contribution in [1.29, 1.82) is 0 Å². The standard InChI is InChI=1S/C21H23NO7/c1-2-3-9-19(14-20(23)27-15-16-7-5-4-6-8-16)29-21(24)28-18-12-10-17(11-13-18)22(25)26/h4-8,10-13,19H,2-3,9,14-15H2,1H3.